The Morgan fingerprint density at radius 1 is 0.474 bits per heavy atom. The molecule has 442 valence electrons. The molecule has 0 aromatic carbocycles. The number of nitrogens with one attached hydrogen (secondary N) is 1. The van der Waals surface area contributed by atoms with Gasteiger partial charge in [0, 0.05) is 12.8 Å². The summed E-state index contributed by atoms with van der Waals surface area (Å²) in [4.78, 5) is 40.0. The van der Waals surface area contributed by atoms with Gasteiger partial charge in [-0.3, -0.25) is 14.2 Å². The molecule has 9 nitrogen and oxygen atoms in total. The summed E-state index contributed by atoms with van der Waals surface area (Å²) in [6.07, 6.45) is 71.7. The third-order valence-electron chi connectivity index (χ3n) is 13.9. The smallest absolute Gasteiger partial charge is 0.306 e. The topological polar surface area (TPSA) is 114 Å². The maximum Gasteiger partial charge on any atom is 0.306 e. The number of phosphoric ester groups is 1. The van der Waals surface area contributed by atoms with Crippen LogP contribution in [-0.2, 0) is 27.9 Å². The van der Waals surface area contributed by atoms with Gasteiger partial charge in [-0.1, -0.05) is 274 Å². The van der Waals surface area contributed by atoms with Gasteiger partial charge in [-0.25, -0.2) is 0 Å². The molecule has 0 radical (unpaired) electrons. The fourth-order valence-corrected chi connectivity index (χ4v) is 9.75. The van der Waals surface area contributed by atoms with E-state index < -0.39 is 26.6 Å². The van der Waals surface area contributed by atoms with Gasteiger partial charge in [0.15, 0.2) is 0 Å². The molecule has 0 aliphatic rings. The number of allylic oxidation sites excluding steroid dienone is 11. The van der Waals surface area contributed by atoms with E-state index in [-0.39, 0.29) is 31.3 Å². The normalized spacial score (nSPS) is 14.1. The van der Waals surface area contributed by atoms with Crippen LogP contribution < -0.4 is 10.2 Å². The zero-order chi connectivity index (χ0) is 55.7. The molecular weight excluding hydrogens is 964 g/mol. The molecule has 0 saturated carbocycles. The molecule has 1 N–H and O–H groups in total. The number of hydrogen-bond acceptors (Lipinski definition) is 7. The van der Waals surface area contributed by atoms with Crippen LogP contribution in [0.25, 0.3) is 0 Å². The Balaban J connectivity index is 5.27. The number of nitrogens with zero attached hydrogens (tertiary/aromatic N) is 1. The van der Waals surface area contributed by atoms with Gasteiger partial charge in [0.1, 0.15) is 19.3 Å². The predicted octanol–water partition coefficient (Wildman–Crippen LogP) is 19.0. The summed E-state index contributed by atoms with van der Waals surface area (Å²) < 4.78 is 30.3. The Hall–Kier alpha value is -2.55. The van der Waals surface area contributed by atoms with Gasteiger partial charge in [-0.15, -0.1) is 0 Å². The number of ether oxygens (including phenoxy) is 1. The number of quaternary nitrogens is 1. The first kappa shape index (κ1) is 73.5. The van der Waals surface area contributed by atoms with Crippen molar-refractivity contribution in [2.45, 2.75) is 296 Å². The number of carbonyl (C=O) groups excluding carboxylic acids is 2. The maximum absolute atomic E-state index is 13.5. The van der Waals surface area contributed by atoms with Crippen LogP contribution in [0.5, 0.6) is 0 Å². The van der Waals surface area contributed by atoms with E-state index in [1.165, 1.54) is 167 Å². The van der Waals surface area contributed by atoms with Gasteiger partial charge in [-0.2, -0.15) is 0 Å². The van der Waals surface area contributed by atoms with Crippen LogP contribution in [0.3, 0.4) is 0 Å². The first-order valence-corrected chi connectivity index (χ1v) is 33.2. The summed E-state index contributed by atoms with van der Waals surface area (Å²) in [5.74, 6) is -0.602. The minimum Gasteiger partial charge on any atom is -0.756 e. The van der Waals surface area contributed by atoms with Crippen LogP contribution in [-0.4, -0.2) is 69.4 Å². The van der Waals surface area contributed by atoms with Crippen LogP contribution >= 0.6 is 7.82 Å². The molecule has 3 atom stereocenters. The summed E-state index contributed by atoms with van der Waals surface area (Å²) in [7, 11) is 1.15. The number of amides is 1. The lowest BCUT2D eigenvalue weighted by molar-refractivity contribution is -0.870. The van der Waals surface area contributed by atoms with Gasteiger partial charge in [0.25, 0.3) is 7.82 Å². The average molecular weight is 1090 g/mol. The zero-order valence-electron chi connectivity index (χ0n) is 50.4. The fourth-order valence-electron chi connectivity index (χ4n) is 9.03. The van der Waals surface area contributed by atoms with Gasteiger partial charge in [0.2, 0.25) is 5.91 Å². The standard InChI is InChI=1S/C66H121N2O7P/c1-7-10-13-16-19-22-25-28-30-32-33-34-35-37-39-41-44-47-50-53-56-59-66(70)75-64(57-54-51-48-45-42-27-24-21-18-15-12-9-3)63(62-74-76(71,72)73-61-60-68(4,5)6)67-65(69)58-55-52-49-46-43-40-38-36-31-29-26-23-20-17-14-11-8-2/h11,14,20,23,29,31,38,40,46,49,54,57,63-64H,7-10,12-13,15-19,21-22,24-28,30,32-37,39,41-45,47-48,50-53,55-56,58-62H2,1-6H3,(H-,67,69,71,72)/b14-11-,23-20-,31-29-,40-38-,49-46-,57-54+. The minimum absolute atomic E-state index is 0.0339. The Morgan fingerprint density at radius 2 is 0.855 bits per heavy atom. The molecule has 1 amide bonds. The lowest BCUT2D eigenvalue weighted by Crippen LogP contribution is -2.47. The molecule has 0 bridgehead atoms. The Labute approximate surface area is 470 Å². The van der Waals surface area contributed by atoms with E-state index in [4.69, 9.17) is 13.8 Å². The molecule has 0 saturated heterocycles. The summed E-state index contributed by atoms with van der Waals surface area (Å²) in [6.45, 7) is 6.70. The highest BCUT2D eigenvalue weighted by Crippen LogP contribution is 2.38. The van der Waals surface area contributed by atoms with E-state index in [2.05, 4.69) is 86.8 Å². The number of rotatable bonds is 57. The molecule has 0 heterocycles. The largest absolute Gasteiger partial charge is 0.756 e. The van der Waals surface area contributed by atoms with Crippen molar-refractivity contribution in [3.05, 3.63) is 72.9 Å². The summed E-state index contributed by atoms with van der Waals surface area (Å²) >= 11 is 0. The van der Waals surface area contributed by atoms with Crippen molar-refractivity contribution in [3.63, 3.8) is 0 Å². The molecule has 0 aromatic rings. The average Bonchev–Trinajstić information content (AvgIpc) is 3.38. The van der Waals surface area contributed by atoms with Crippen LogP contribution in [0.2, 0.25) is 0 Å². The van der Waals surface area contributed by atoms with E-state index in [9.17, 15) is 19.0 Å². The number of carbonyl (C=O) groups is 2. The monoisotopic (exact) mass is 1080 g/mol. The molecule has 3 unspecified atom stereocenters. The third kappa shape index (κ3) is 56.2. The zero-order valence-corrected chi connectivity index (χ0v) is 51.3. The molecule has 0 aliphatic heterocycles. The second-order valence-electron chi connectivity index (χ2n) is 22.5. The summed E-state index contributed by atoms with van der Waals surface area (Å²) in [6, 6.07) is -0.918. The van der Waals surface area contributed by atoms with Gasteiger partial charge in [0.05, 0.1) is 33.8 Å². The van der Waals surface area contributed by atoms with Crippen LogP contribution in [0.15, 0.2) is 72.9 Å². The van der Waals surface area contributed by atoms with Crippen molar-refractivity contribution in [2.24, 2.45) is 0 Å². The van der Waals surface area contributed by atoms with Crippen molar-refractivity contribution in [2.75, 3.05) is 40.9 Å². The minimum atomic E-state index is -4.71. The maximum atomic E-state index is 13.5. The second-order valence-corrected chi connectivity index (χ2v) is 23.9. The fraction of sp³-hybridized carbons (Fsp3) is 0.788. The Bertz CT molecular complexity index is 1530. The summed E-state index contributed by atoms with van der Waals surface area (Å²) in [5, 5.41) is 3.00. The highest BCUT2D eigenvalue weighted by Gasteiger charge is 2.27. The lowest BCUT2D eigenvalue weighted by Gasteiger charge is -2.30. The lowest BCUT2D eigenvalue weighted by atomic mass is 10.0. The molecule has 0 fully saturated rings. The van der Waals surface area contributed by atoms with Crippen molar-refractivity contribution in [1.29, 1.82) is 0 Å². The van der Waals surface area contributed by atoms with Crippen LogP contribution in [0.4, 0.5) is 0 Å². The number of esters is 1. The van der Waals surface area contributed by atoms with Crippen LogP contribution in [0.1, 0.15) is 284 Å². The van der Waals surface area contributed by atoms with E-state index in [1.807, 2.05) is 33.3 Å². The van der Waals surface area contributed by atoms with Crippen LogP contribution in [0, 0.1) is 0 Å². The van der Waals surface area contributed by atoms with E-state index >= 15 is 0 Å². The molecule has 0 spiro atoms. The number of phosphoric acid groups is 1. The highest BCUT2D eigenvalue weighted by atomic mass is 31.2. The Morgan fingerprint density at radius 3 is 1.28 bits per heavy atom. The first-order chi connectivity index (χ1) is 36.9. The van der Waals surface area contributed by atoms with Gasteiger partial charge < -0.3 is 28.5 Å². The number of likely N-dealkylation sites (N-methyl/N-ethyl adjacent to an activating group) is 1. The van der Waals surface area contributed by atoms with Crippen molar-refractivity contribution < 1.29 is 37.3 Å². The number of unbranched alkanes of at least 4 members (excludes halogenated alkanes) is 31. The second kappa shape index (κ2) is 55.8. The van der Waals surface area contributed by atoms with E-state index in [0.717, 1.165) is 77.0 Å². The quantitative estimate of drug-likeness (QED) is 0.0212. The number of hydrogen-bond donors (Lipinski definition) is 1. The van der Waals surface area contributed by atoms with Gasteiger partial charge in [-0.05, 0) is 70.3 Å². The summed E-state index contributed by atoms with van der Waals surface area (Å²) in [5.41, 5.74) is 0. The molecule has 76 heavy (non-hydrogen) atoms. The highest BCUT2D eigenvalue weighted by molar-refractivity contribution is 7.45. The van der Waals surface area contributed by atoms with Crippen molar-refractivity contribution in [3.8, 4) is 0 Å². The predicted molar refractivity (Wildman–Crippen MR) is 325 cm³/mol. The van der Waals surface area contributed by atoms with E-state index in [1.54, 1.807) is 0 Å². The molecule has 0 aromatic heterocycles. The van der Waals surface area contributed by atoms with Gasteiger partial charge >= 0.3 is 5.97 Å². The molecule has 0 aliphatic carbocycles. The molecular formula is C66H121N2O7P. The van der Waals surface area contributed by atoms with Crippen molar-refractivity contribution >= 4 is 19.7 Å². The molecule has 0 rings (SSSR count). The first-order valence-electron chi connectivity index (χ1n) is 31.7. The third-order valence-corrected chi connectivity index (χ3v) is 14.9. The molecule has 10 heteroatoms. The SMILES string of the molecule is CC/C=C\C/C=C\C/C=C\C/C=C\C/C=C\CCCC(=O)NC(COP(=O)([O-])OCC[N+](C)(C)C)C(/C=C/CCCCCCCCCCCC)OC(=O)CCCCCCCCCCCCCCCCCCCCCCC. The Kier molecular flexibility index (Phi) is 53.9. The van der Waals surface area contributed by atoms with E-state index in [0.29, 0.717) is 17.4 Å². The van der Waals surface area contributed by atoms with Crippen molar-refractivity contribution in [1.82, 2.24) is 5.32 Å².